The van der Waals surface area contributed by atoms with Crippen LogP contribution in [0.3, 0.4) is 0 Å². The second-order valence-corrected chi connectivity index (χ2v) is 8.09. The van der Waals surface area contributed by atoms with Crippen LogP contribution in [-0.2, 0) is 4.74 Å². The van der Waals surface area contributed by atoms with Crippen molar-refractivity contribution in [1.82, 2.24) is 5.32 Å². The van der Waals surface area contributed by atoms with Gasteiger partial charge in [0, 0.05) is 12.0 Å². The van der Waals surface area contributed by atoms with E-state index in [9.17, 15) is 0 Å². The molecular weight excluding hydrogens is 374 g/mol. The number of aliphatic imine (C=N–C) groups is 1. The molecule has 2 aliphatic rings. The quantitative estimate of drug-likeness (QED) is 0.539. The van der Waals surface area contributed by atoms with Gasteiger partial charge in [0.05, 0.1) is 22.8 Å². The summed E-state index contributed by atoms with van der Waals surface area (Å²) in [5, 5.41) is 12.9. The Kier molecular flexibility index (Phi) is 6.77. The Hall–Kier alpha value is -1.87. The molecule has 1 N–H and O–H groups in total. The minimum Gasteiger partial charge on any atom is -0.485 e. The number of nitrogens with zero attached hydrogens (tertiary/aromatic N) is 2. The molecule has 1 spiro atoms. The second kappa shape index (κ2) is 9.09. The molecule has 2 fully saturated rings. The predicted octanol–water partition coefficient (Wildman–Crippen LogP) is 4.50. The van der Waals surface area contributed by atoms with Crippen molar-refractivity contribution in [2.75, 3.05) is 13.1 Å². The van der Waals surface area contributed by atoms with Crippen LogP contribution in [0.5, 0.6) is 5.75 Å². The molecule has 1 heterocycles. The van der Waals surface area contributed by atoms with Gasteiger partial charge >= 0.3 is 0 Å². The van der Waals surface area contributed by atoms with Crippen molar-refractivity contribution in [1.29, 1.82) is 5.26 Å². The lowest BCUT2D eigenvalue weighted by atomic mass is 9.93. The lowest BCUT2D eigenvalue weighted by Gasteiger charge is -2.33. The summed E-state index contributed by atoms with van der Waals surface area (Å²) in [5.41, 5.74) is 1.84. The van der Waals surface area contributed by atoms with E-state index in [2.05, 4.69) is 16.4 Å². The number of benzene rings is 1. The minimum absolute atomic E-state index is 0.188. The highest BCUT2D eigenvalue weighted by Crippen LogP contribution is 2.52. The Labute approximate surface area is 172 Å². The van der Waals surface area contributed by atoms with Crippen LogP contribution in [0.1, 0.15) is 45.6 Å². The van der Waals surface area contributed by atoms with Crippen LogP contribution >= 0.6 is 11.6 Å². The molecule has 0 radical (unpaired) electrons. The Bertz CT molecular complexity index is 795. The lowest BCUT2D eigenvalue weighted by molar-refractivity contribution is -0.0421. The summed E-state index contributed by atoms with van der Waals surface area (Å²) in [4.78, 5) is 4.52. The van der Waals surface area contributed by atoms with Crippen molar-refractivity contribution >= 4 is 17.8 Å². The summed E-state index contributed by atoms with van der Waals surface area (Å²) in [6.45, 7) is 7.93. The molecule has 150 valence electrons. The number of hydrogen-bond donors (Lipinski definition) is 1. The molecule has 1 aliphatic carbocycles. The van der Waals surface area contributed by atoms with E-state index in [1.54, 1.807) is 24.4 Å². The number of hydrogen-bond acceptors (Lipinski definition) is 5. The smallest absolute Gasteiger partial charge is 0.167 e. The first kappa shape index (κ1) is 20.9. The lowest BCUT2D eigenvalue weighted by Crippen LogP contribution is -2.44. The van der Waals surface area contributed by atoms with Gasteiger partial charge in [-0.2, -0.15) is 5.26 Å². The summed E-state index contributed by atoms with van der Waals surface area (Å²) >= 11 is 6.23. The average molecular weight is 402 g/mol. The van der Waals surface area contributed by atoms with Crippen LogP contribution in [0, 0.1) is 16.7 Å². The largest absolute Gasteiger partial charge is 0.485 e. The van der Waals surface area contributed by atoms with Crippen LogP contribution < -0.4 is 10.1 Å². The molecule has 0 amide bonds. The topological polar surface area (TPSA) is 66.6 Å². The summed E-state index contributed by atoms with van der Waals surface area (Å²) in [7, 11) is 0. The maximum atomic E-state index is 8.96. The molecule has 1 aliphatic heterocycles. The first-order valence-electron chi connectivity index (χ1n) is 9.86. The van der Waals surface area contributed by atoms with Crippen molar-refractivity contribution in [3.63, 3.8) is 0 Å². The number of nitrogens with one attached hydrogen (secondary N) is 1. The summed E-state index contributed by atoms with van der Waals surface area (Å²) in [6, 6.07) is 7.12. The van der Waals surface area contributed by atoms with Gasteiger partial charge in [-0.1, -0.05) is 11.6 Å². The van der Waals surface area contributed by atoms with Crippen molar-refractivity contribution in [3.05, 3.63) is 40.4 Å². The summed E-state index contributed by atoms with van der Waals surface area (Å²) < 4.78 is 12.4. The van der Waals surface area contributed by atoms with Crippen molar-refractivity contribution in [2.24, 2.45) is 10.4 Å². The van der Waals surface area contributed by atoms with E-state index >= 15 is 0 Å². The molecule has 6 heteroatoms. The number of halogens is 1. The summed E-state index contributed by atoms with van der Waals surface area (Å²) in [5.74, 6) is 0.563. The SMILES string of the molecule is C/C=N\C(C=C(C)C(C)Oc1ccc(C#N)cc1Cl)OC1CCNCC12CC2. The van der Waals surface area contributed by atoms with E-state index in [-0.39, 0.29) is 18.4 Å². The van der Waals surface area contributed by atoms with Crippen LogP contribution in [0.2, 0.25) is 5.02 Å². The van der Waals surface area contributed by atoms with Gasteiger partial charge in [0.1, 0.15) is 11.9 Å². The van der Waals surface area contributed by atoms with Gasteiger partial charge in [-0.3, -0.25) is 4.99 Å². The molecule has 1 aromatic rings. The molecule has 3 unspecified atom stereocenters. The van der Waals surface area contributed by atoms with Gasteiger partial charge in [-0.15, -0.1) is 0 Å². The monoisotopic (exact) mass is 401 g/mol. The highest BCUT2D eigenvalue weighted by molar-refractivity contribution is 6.32. The van der Waals surface area contributed by atoms with E-state index in [1.165, 1.54) is 12.8 Å². The van der Waals surface area contributed by atoms with Gasteiger partial charge in [0.15, 0.2) is 6.23 Å². The summed E-state index contributed by atoms with van der Waals surface area (Å²) in [6.07, 6.45) is 7.04. The van der Waals surface area contributed by atoms with Crippen LogP contribution in [0.4, 0.5) is 0 Å². The molecule has 1 saturated heterocycles. The maximum absolute atomic E-state index is 8.96. The normalized spacial score (nSPS) is 23.4. The second-order valence-electron chi connectivity index (χ2n) is 7.68. The van der Waals surface area contributed by atoms with Crippen molar-refractivity contribution < 1.29 is 9.47 Å². The van der Waals surface area contributed by atoms with E-state index in [0.717, 1.165) is 25.1 Å². The average Bonchev–Trinajstić information content (AvgIpc) is 3.45. The van der Waals surface area contributed by atoms with Crippen LogP contribution in [0.25, 0.3) is 0 Å². The number of nitriles is 1. The van der Waals surface area contributed by atoms with Crippen molar-refractivity contribution in [3.8, 4) is 11.8 Å². The van der Waals surface area contributed by atoms with Gasteiger partial charge in [0.25, 0.3) is 0 Å². The van der Waals surface area contributed by atoms with Crippen LogP contribution in [-0.4, -0.2) is 37.7 Å². The Morgan fingerprint density at radius 3 is 2.89 bits per heavy atom. The first-order valence-corrected chi connectivity index (χ1v) is 10.2. The molecule has 1 saturated carbocycles. The van der Waals surface area contributed by atoms with E-state index in [1.807, 2.05) is 26.8 Å². The van der Waals surface area contributed by atoms with Crippen molar-refractivity contribution in [2.45, 2.75) is 58.5 Å². The Morgan fingerprint density at radius 2 is 2.25 bits per heavy atom. The Morgan fingerprint density at radius 1 is 1.46 bits per heavy atom. The number of rotatable bonds is 7. The third kappa shape index (κ3) is 4.94. The van der Waals surface area contributed by atoms with Gasteiger partial charge < -0.3 is 14.8 Å². The van der Waals surface area contributed by atoms with E-state index in [0.29, 0.717) is 21.8 Å². The predicted molar refractivity (Wildman–Crippen MR) is 112 cm³/mol. The van der Waals surface area contributed by atoms with Gasteiger partial charge in [0.2, 0.25) is 0 Å². The standard InChI is InChI=1S/C22H28ClN3O2/c1-4-26-21(28-20-7-10-25-14-22(20)8-9-22)11-15(2)16(3)27-19-6-5-17(13-24)12-18(19)23/h4-6,11-12,16,20-21,25H,7-10,14H2,1-3H3/b15-11?,26-4-. The third-order valence-corrected chi connectivity index (χ3v) is 5.94. The fourth-order valence-electron chi connectivity index (χ4n) is 3.60. The van der Waals surface area contributed by atoms with E-state index in [4.69, 9.17) is 26.3 Å². The zero-order valence-corrected chi connectivity index (χ0v) is 17.5. The minimum atomic E-state index is -0.312. The molecule has 3 atom stereocenters. The van der Waals surface area contributed by atoms with Crippen LogP contribution in [0.15, 0.2) is 34.8 Å². The molecule has 5 nitrogen and oxygen atoms in total. The highest BCUT2D eigenvalue weighted by Gasteiger charge is 2.51. The molecular formula is C22H28ClN3O2. The highest BCUT2D eigenvalue weighted by atomic mass is 35.5. The molecule has 28 heavy (non-hydrogen) atoms. The molecule has 3 rings (SSSR count). The maximum Gasteiger partial charge on any atom is 0.167 e. The fourth-order valence-corrected chi connectivity index (χ4v) is 3.83. The molecule has 1 aromatic carbocycles. The zero-order valence-electron chi connectivity index (χ0n) is 16.7. The molecule has 0 aromatic heterocycles. The molecule has 0 bridgehead atoms. The number of piperidine rings is 1. The fraction of sp³-hybridized carbons (Fsp3) is 0.545. The number of ether oxygens (including phenoxy) is 2. The Balaban J connectivity index is 1.67. The van der Waals surface area contributed by atoms with Gasteiger partial charge in [-0.25, -0.2) is 0 Å². The first-order chi connectivity index (χ1) is 13.5. The zero-order chi connectivity index (χ0) is 20.1. The van der Waals surface area contributed by atoms with E-state index < -0.39 is 0 Å². The van der Waals surface area contributed by atoms with Gasteiger partial charge in [-0.05, 0) is 82.6 Å². The third-order valence-electron chi connectivity index (χ3n) is 5.65.